The Kier molecular flexibility index (Phi) is 5.85. The summed E-state index contributed by atoms with van der Waals surface area (Å²) in [5, 5.41) is 0. The zero-order valence-corrected chi connectivity index (χ0v) is 15.0. The Labute approximate surface area is 141 Å². The van der Waals surface area contributed by atoms with Crippen molar-refractivity contribution in [2.24, 2.45) is 11.8 Å². The first kappa shape index (κ1) is 14.2. The fourth-order valence-electron chi connectivity index (χ4n) is 2.71. The van der Waals surface area contributed by atoms with E-state index >= 15 is 0 Å². The predicted octanol–water partition coefficient (Wildman–Crippen LogP) is -0.273. The van der Waals surface area contributed by atoms with Crippen LogP contribution in [0.2, 0.25) is 0 Å². The third-order valence-electron chi connectivity index (χ3n) is 3.81. The summed E-state index contributed by atoms with van der Waals surface area (Å²) in [5.74, 6) is 2.31. The van der Waals surface area contributed by atoms with Gasteiger partial charge in [-0.15, -0.1) is 0 Å². The Bertz CT molecular complexity index is 230. The molecule has 15 heavy (non-hydrogen) atoms. The molecule has 2 saturated carbocycles. The third-order valence-corrected chi connectivity index (χ3v) is 3.81. The molecule has 0 spiro atoms. The summed E-state index contributed by atoms with van der Waals surface area (Å²) >= 11 is 0. The van der Waals surface area contributed by atoms with Crippen LogP contribution in [-0.4, -0.2) is 12.1 Å². The van der Waals surface area contributed by atoms with E-state index in [2.05, 4.69) is 0 Å². The van der Waals surface area contributed by atoms with Crippen LogP contribution in [0.15, 0.2) is 0 Å². The van der Waals surface area contributed by atoms with Crippen LogP contribution in [0.5, 0.6) is 0 Å². The van der Waals surface area contributed by atoms with Crippen molar-refractivity contribution in [3.05, 3.63) is 5.92 Å². The molecule has 0 N–H and O–H groups in total. The molecule has 2 nitrogen and oxygen atoms in total. The van der Waals surface area contributed by atoms with E-state index in [1.54, 1.807) is 0 Å². The number of ether oxygens (including phenoxy) is 1. The quantitative estimate of drug-likeness (QED) is 0.525. The minimum Gasteiger partial charge on any atom is -0.484 e. The Morgan fingerprint density at radius 3 is 2.60 bits per heavy atom. The Morgan fingerprint density at radius 1 is 1.40 bits per heavy atom. The molecule has 80 valence electrons. The number of carbonyl (C=O) groups excluding carboxylic acids is 1. The number of hydrogen-bond donors (Lipinski definition) is 0. The molecule has 3 atom stereocenters. The average Bonchev–Trinajstić information content (AvgIpc) is 2.77. The minimum atomic E-state index is -0.0648. The predicted molar refractivity (Wildman–Crippen MR) is 54.5 cm³/mol. The van der Waals surface area contributed by atoms with Crippen molar-refractivity contribution < 1.29 is 67.7 Å². The van der Waals surface area contributed by atoms with Gasteiger partial charge in [0.1, 0.15) is 6.10 Å². The van der Waals surface area contributed by atoms with E-state index in [0.717, 1.165) is 24.7 Å². The van der Waals surface area contributed by atoms with Crippen molar-refractivity contribution >= 4 is 5.97 Å². The normalized spacial score (nSPS) is 32.3. The van der Waals surface area contributed by atoms with Crippen LogP contribution >= 0.6 is 0 Å². The van der Waals surface area contributed by atoms with Gasteiger partial charge >= 0.3 is 58.2 Å². The van der Waals surface area contributed by atoms with E-state index in [9.17, 15) is 4.79 Å². The molecule has 0 amide bonds. The van der Waals surface area contributed by atoms with Crippen LogP contribution in [0.3, 0.4) is 0 Å². The molecule has 3 unspecified atom stereocenters. The summed E-state index contributed by atoms with van der Waals surface area (Å²) in [6.45, 7) is 3.87. The van der Waals surface area contributed by atoms with Gasteiger partial charge in [0.05, 0.1) is 0 Å². The van der Waals surface area contributed by atoms with Crippen LogP contribution in [0.1, 0.15) is 46.0 Å². The molecule has 0 aromatic heterocycles. The maximum Gasteiger partial charge on any atom is 1.00 e. The van der Waals surface area contributed by atoms with Crippen LogP contribution in [0.4, 0.5) is 0 Å². The molecule has 0 radical (unpaired) electrons. The first-order chi connectivity index (χ1) is 6.70. The number of hydrogen-bond acceptors (Lipinski definition) is 2. The topological polar surface area (TPSA) is 26.3 Å². The molecule has 2 bridgehead atoms. The fourth-order valence-corrected chi connectivity index (χ4v) is 2.71. The van der Waals surface area contributed by atoms with Gasteiger partial charge in [0.2, 0.25) is 0 Å². The molecule has 2 aliphatic rings. The SMILES string of the molecule is CC[C-](C)C(=O)OC1CC2CCC1C2.[Rb+]. The minimum absolute atomic E-state index is 0. The maximum absolute atomic E-state index is 11.5. The van der Waals surface area contributed by atoms with Crippen molar-refractivity contribution in [1.82, 2.24) is 0 Å². The zero-order chi connectivity index (χ0) is 10.1. The molecule has 0 heterocycles. The monoisotopic (exact) mass is 280 g/mol. The van der Waals surface area contributed by atoms with Gasteiger partial charge in [-0.25, -0.2) is 0 Å². The molecule has 3 heteroatoms. The number of fused-ring (bicyclic) bond motifs is 2. The molecule has 0 saturated heterocycles. The summed E-state index contributed by atoms with van der Waals surface area (Å²) in [6, 6.07) is 0. The zero-order valence-electron chi connectivity index (χ0n) is 10.1. The second kappa shape index (κ2) is 6.18. The van der Waals surface area contributed by atoms with Crippen LogP contribution in [0.25, 0.3) is 0 Å². The summed E-state index contributed by atoms with van der Waals surface area (Å²) in [4.78, 5) is 11.5. The summed E-state index contributed by atoms with van der Waals surface area (Å²) in [7, 11) is 0. The fraction of sp³-hybridized carbons (Fsp3) is 0.833. The standard InChI is InChI=1S/C12H19O2.Rb/c1-3-8(2)12(13)14-11-7-9-4-5-10(11)6-9;/h9-11H,3-7H2,1-2H3;/q-1;+1. The number of rotatable bonds is 3. The average molecular weight is 281 g/mol. The van der Waals surface area contributed by atoms with Crippen LogP contribution in [-0.2, 0) is 9.53 Å². The Morgan fingerprint density at radius 2 is 2.13 bits per heavy atom. The van der Waals surface area contributed by atoms with Crippen molar-refractivity contribution in [3.63, 3.8) is 0 Å². The van der Waals surface area contributed by atoms with Gasteiger partial charge in [-0.1, -0.05) is 6.92 Å². The van der Waals surface area contributed by atoms with E-state index < -0.39 is 0 Å². The van der Waals surface area contributed by atoms with Gasteiger partial charge < -0.3 is 4.74 Å². The van der Waals surface area contributed by atoms with Crippen molar-refractivity contribution in [2.45, 2.75) is 52.1 Å². The second-order valence-corrected chi connectivity index (χ2v) is 4.75. The number of esters is 1. The van der Waals surface area contributed by atoms with E-state index in [-0.39, 0.29) is 70.3 Å². The molecular weight excluding hydrogens is 262 g/mol. The third kappa shape index (κ3) is 3.30. The molecule has 0 aromatic carbocycles. The molecule has 2 fully saturated rings. The van der Waals surface area contributed by atoms with Crippen molar-refractivity contribution in [1.29, 1.82) is 0 Å². The van der Waals surface area contributed by atoms with Crippen LogP contribution in [0, 0.1) is 17.8 Å². The summed E-state index contributed by atoms with van der Waals surface area (Å²) < 4.78 is 5.52. The smallest absolute Gasteiger partial charge is 0.484 e. The van der Waals surface area contributed by atoms with E-state index in [4.69, 9.17) is 4.74 Å². The van der Waals surface area contributed by atoms with Gasteiger partial charge in [0, 0.05) is 0 Å². The molecule has 0 aromatic rings. The maximum atomic E-state index is 11.5. The molecular formula is C12H19O2Rb. The molecule has 2 rings (SSSR count). The van der Waals surface area contributed by atoms with E-state index in [0.29, 0.717) is 5.92 Å². The number of carbonyl (C=O) groups is 1. The Balaban J connectivity index is 0.00000112. The molecule has 0 aliphatic heterocycles. The molecule has 2 aliphatic carbocycles. The van der Waals surface area contributed by atoms with Gasteiger partial charge in [-0.3, -0.25) is 10.7 Å². The van der Waals surface area contributed by atoms with Gasteiger partial charge in [-0.05, 0) is 37.5 Å². The van der Waals surface area contributed by atoms with E-state index in [1.165, 1.54) is 19.3 Å². The van der Waals surface area contributed by atoms with Gasteiger partial charge in [-0.2, -0.15) is 13.3 Å². The van der Waals surface area contributed by atoms with Crippen LogP contribution < -0.4 is 58.2 Å². The van der Waals surface area contributed by atoms with Gasteiger partial charge in [0.15, 0.2) is 5.97 Å². The second-order valence-electron chi connectivity index (χ2n) is 4.75. The first-order valence-electron chi connectivity index (χ1n) is 5.74. The van der Waals surface area contributed by atoms with E-state index in [1.807, 2.05) is 13.8 Å². The summed E-state index contributed by atoms with van der Waals surface area (Å²) in [6.07, 6.45) is 6.09. The van der Waals surface area contributed by atoms with Gasteiger partial charge in [0.25, 0.3) is 0 Å². The van der Waals surface area contributed by atoms with Crippen molar-refractivity contribution in [2.75, 3.05) is 0 Å². The summed E-state index contributed by atoms with van der Waals surface area (Å²) in [5.41, 5.74) is 0. The Hall–Kier alpha value is 1.15. The van der Waals surface area contributed by atoms with Crippen molar-refractivity contribution in [3.8, 4) is 0 Å². The largest absolute Gasteiger partial charge is 1.00 e. The first-order valence-corrected chi connectivity index (χ1v) is 5.74.